The van der Waals surface area contributed by atoms with Gasteiger partial charge in [0.2, 0.25) is 5.89 Å². The van der Waals surface area contributed by atoms with Crippen LogP contribution >= 0.6 is 11.3 Å². The number of piperidine rings is 1. The third kappa shape index (κ3) is 3.18. The van der Waals surface area contributed by atoms with Gasteiger partial charge in [-0.1, -0.05) is 18.6 Å². The molecule has 1 atom stereocenters. The van der Waals surface area contributed by atoms with Crippen molar-refractivity contribution in [2.75, 3.05) is 6.54 Å². The molecule has 23 heavy (non-hydrogen) atoms. The first kappa shape index (κ1) is 14.5. The van der Waals surface area contributed by atoms with Gasteiger partial charge in [0, 0.05) is 17.6 Å². The molecule has 1 unspecified atom stereocenters. The summed E-state index contributed by atoms with van der Waals surface area (Å²) in [5, 5.41) is 10.6. The van der Waals surface area contributed by atoms with Crippen molar-refractivity contribution in [2.45, 2.75) is 31.8 Å². The summed E-state index contributed by atoms with van der Waals surface area (Å²) in [7, 11) is 0. The van der Waals surface area contributed by atoms with Gasteiger partial charge in [-0.05, 0) is 43.0 Å². The zero-order valence-electron chi connectivity index (χ0n) is 12.8. The molecule has 1 aliphatic rings. The summed E-state index contributed by atoms with van der Waals surface area (Å²) >= 11 is 1.80. The molecule has 1 fully saturated rings. The molecular weight excluding hydrogens is 308 g/mol. The number of thiophene rings is 1. The Morgan fingerprint density at radius 2 is 2.17 bits per heavy atom. The van der Waals surface area contributed by atoms with Gasteiger partial charge in [0.1, 0.15) is 5.69 Å². The molecule has 3 aromatic rings. The lowest BCUT2D eigenvalue weighted by molar-refractivity contribution is 0.119. The number of hydrogen-bond donors (Lipinski definition) is 0. The van der Waals surface area contributed by atoms with E-state index in [9.17, 15) is 0 Å². The van der Waals surface area contributed by atoms with Gasteiger partial charge in [0.15, 0.2) is 0 Å². The second-order valence-electron chi connectivity index (χ2n) is 5.72. The van der Waals surface area contributed by atoms with Gasteiger partial charge in [-0.2, -0.15) is 0 Å². The summed E-state index contributed by atoms with van der Waals surface area (Å²) in [6.45, 7) is 2.02. The van der Waals surface area contributed by atoms with Gasteiger partial charge in [0.05, 0.1) is 6.04 Å². The lowest BCUT2D eigenvalue weighted by Gasteiger charge is -2.32. The molecule has 0 N–H and O–H groups in total. The van der Waals surface area contributed by atoms with E-state index in [1.165, 1.54) is 17.7 Å². The predicted molar refractivity (Wildman–Crippen MR) is 88.9 cm³/mol. The molecule has 0 spiro atoms. The number of hydrogen-bond acceptors (Lipinski definition) is 6. The number of pyridine rings is 1. The summed E-state index contributed by atoms with van der Waals surface area (Å²) in [5.41, 5.74) is 0.729. The van der Waals surface area contributed by atoms with Crippen molar-refractivity contribution in [1.29, 1.82) is 0 Å². The van der Waals surface area contributed by atoms with Crippen molar-refractivity contribution in [3.63, 3.8) is 0 Å². The van der Waals surface area contributed by atoms with Crippen molar-refractivity contribution in [3.05, 3.63) is 52.7 Å². The van der Waals surface area contributed by atoms with Crippen molar-refractivity contribution >= 4 is 11.3 Å². The number of aromatic nitrogens is 3. The molecule has 0 saturated carbocycles. The van der Waals surface area contributed by atoms with E-state index in [0.717, 1.165) is 25.2 Å². The molecule has 5 nitrogen and oxygen atoms in total. The Balaban J connectivity index is 1.56. The molecule has 118 valence electrons. The van der Waals surface area contributed by atoms with Crippen LogP contribution in [0.2, 0.25) is 0 Å². The highest BCUT2D eigenvalue weighted by Gasteiger charge is 2.29. The third-order valence-electron chi connectivity index (χ3n) is 4.16. The zero-order valence-corrected chi connectivity index (χ0v) is 13.6. The van der Waals surface area contributed by atoms with Gasteiger partial charge in [-0.15, -0.1) is 21.5 Å². The quantitative estimate of drug-likeness (QED) is 0.727. The van der Waals surface area contributed by atoms with Crippen LogP contribution in [0, 0.1) is 0 Å². The van der Waals surface area contributed by atoms with Crippen LogP contribution < -0.4 is 0 Å². The van der Waals surface area contributed by atoms with E-state index in [1.807, 2.05) is 18.2 Å². The van der Waals surface area contributed by atoms with E-state index in [1.54, 1.807) is 17.5 Å². The van der Waals surface area contributed by atoms with Crippen LogP contribution in [0.4, 0.5) is 0 Å². The SMILES string of the molecule is c1ccc(-c2nnc(C3CCCCN3Cc3cccs3)o2)nc1. The Hall–Kier alpha value is -2.05. The van der Waals surface area contributed by atoms with Crippen LogP contribution in [-0.4, -0.2) is 26.6 Å². The maximum Gasteiger partial charge on any atom is 0.266 e. The molecule has 4 rings (SSSR count). The molecule has 6 heteroatoms. The van der Waals surface area contributed by atoms with Gasteiger partial charge in [-0.3, -0.25) is 9.88 Å². The van der Waals surface area contributed by atoms with Crippen LogP contribution in [0.15, 0.2) is 46.3 Å². The lowest BCUT2D eigenvalue weighted by atomic mass is 10.0. The topological polar surface area (TPSA) is 55.1 Å². The molecule has 0 aliphatic carbocycles. The fourth-order valence-electron chi connectivity index (χ4n) is 3.02. The molecular formula is C17H18N4OS. The zero-order chi connectivity index (χ0) is 15.5. The monoisotopic (exact) mass is 326 g/mol. The number of nitrogens with zero attached hydrogens (tertiary/aromatic N) is 4. The summed E-state index contributed by atoms with van der Waals surface area (Å²) in [6, 6.07) is 10.2. The van der Waals surface area contributed by atoms with Crippen molar-refractivity contribution in [2.24, 2.45) is 0 Å². The number of rotatable bonds is 4. The molecule has 0 radical (unpaired) electrons. The van der Waals surface area contributed by atoms with E-state index >= 15 is 0 Å². The highest BCUT2D eigenvalue weighted by atomic mass is 32.1. The molecule has 0 bridgehead atoms. The first-order valence-electron chi connectivity index (χ1n) is 7.91. The second kappa shape index (κ2) is 6.60. The van der Waals surface area contributed by atoms with Gasteiger partial charge in [-0.25, -0.2) is 0 Å². The van der Waals surface area contributed by atoms with E-state index in [4.69, 9.17) is 4.42 Å². The van der Waals surface area contributed by atoms with Crippen LogP contribution in [0.25, 0.3) is 11.6 Å². The minimum atomic E-state index is 0.204. The molecule has 0 amide bonds. The van der Waals surface area contributed by atoms with Gasteiger partial charge >= 0.3 is 0 Å². The fraction of sp³-hybridized carbons (Fsp3) is 0.353. The third-order valence-corrected chi connectivity index (χ3v) is 5.02. The average molecular weight is 326 g/mol. The van der Waals surface area contributed by atoms with E-state index in [2.05, 4.69) is 37.6 Å². The Bertz CT molecular complexity index is 741. The van der Waals surface area contributed by atoms with Crippen LogP contribution in [0.3, 0.4) is 0 Å². The Morgan fingerprint density at radius 3 is 3.00 bits per heavy atom. The largest absolute Gasteiger partial charge is 0.418 e. The van der Waals surface area contributed by atoms with Crippen molar-refractivity contribution < 1.29 is 4.42 Å². The Kier molecular flexibility index (Phi) is 4.17. The normalized spacial score (nSPS) is 19.0. The standard InChI is InChI=1S/C17H18N4OS/c1-3-9-18-14(7-1)16-19-20-17(22-16)15-8-2-4-10-21(15)12-13-6-5-11-23-13/h1,3,5-7,9,11,15H,2,4,8,10,12H2. The summed E-state index contributed by atoms with van der Waals surface area (Å²) < 4.78 is 5.94. The first-order chi connectivity index (χ1) is 11.4. The fourth-order valence-corrected chi connectivity index (χ4v) is 3.75. The predicted octanol–water partition coefficient (Wildman–Crippen LogP) is 3.92. The summed E-state index contributed by atoms with van der Waals surface area (Å²) in [4.78, 5) is 8.10. The highest BCUT2D eigenvalue weighted by Crippen LogP contribution is 2.33. The maximum atomic E-state index is 5.94. The van der Waals surface area contributed by atoms with E-state index < -0.39 is 0 Å². The maximum absolute atomic E-state index is 5.94. The molecule has 1 saturated heterocycles. The summed E-state index contributed by atoms with van der Waals surface area (Å²) in [6.07, 6.45) is 5.23. The highest BCUT2D eigenvalue weighted by molar-refractivity contribution is 7.09. The van der Waals surface area contributed by atoms with Crippen molar-refractivity contribution in [3.8, 4) is 11.6 Å². The summed E-state index contributed by atoms with van der Waals surface area (Å²) in [5.74, 6) is 1.21. The van der Waals surface area contributed by atoms with Crippen LogP contribution in [-0.2, 0) is 6.54 Å². The lowest BCUT2D eigenvalue weighted by Crippen LogP contribution is -2.32. The van der Waals surface area contributed by atoms with E-state index in [0.29, 0.717) is 11.8 Å². The van der Waals surface area contributed by atoms with E-state index in [-0.39, 0.29) is 6.04 Å². The smallest absolute Gasteiger partial charge is 0.266 e. The molecule has 1 aliphatic heterocycles. The van der Waals surface area contributed by atoms with Gasteiger partial charge < -0.3 is 4.42 Å². The van der Waals surface area contributed by atoms with Crippen LogP contribution in [0.1, 0.15) is 36.1 Å². The number of likely N-dealkylation sites (tertiary alicyclic amines) is 1. The molecule has 3 aromatic heterocycles. The Labute approximate surface area is 139 Å². The minimum absolute atomic E-state index is 0.204. The second-order valence-corrected chi connectivity index (χ2v) is 6.75. The van der Waals surface area contributed by atoms with Gasteiger partial charge in [0.25, 0.3) is 5.89 Å². The van der Waals surface area contributed by atoms with Crippen molar-refractivity contribution in [1.82, 2.24) is 20.1 Å². The molecule has 4 heterocycles. The average Bonchev–Trinajstić information content (AvgIpc) is 3.28. The Morgan fingerprint density at radius 1 is 1.17 bits per heavy atom. The van der Waals surface area contributed by atoms with Crippen LogP contribution in [0.5, 0.6) is 0 Å². The molecule has 0 aromatic carbocycles. The minimum Gasteiger partial charge on any atom is -0.418 e. The first-order valence-corrected chi connectivity index (χ1v) is 8.79.